The van der Waals surface area contributed by atoms with Crippen LogP contribution in [0.4, 0.5) is 17.2 Å². The summed E-state index contributed by atoms with van der Waals surface area (Å²) in [5, 5.41) is 26.2. The maximum Gasteiger partial charge on any atom is 0.270 e. The van der Waals surface area contributed by atoms with Gasteiger partial charge in [-0.15, -0.1) is 0 Å². The molecule has 2 N–H and O–H groups in total. The zero-order valence-electron chi connectivity index (χ0n) is 13.8. The molecule has 0 aliphatic carbocycles. The molecule has 0 aliphatic heterocycles. The number of aromatic nitrogens is 1. The number of amides is 1. The van der Waals surface area contributed by atoms with Crippen LogP contribution in [0.5, 0.6) is 0 Å². The lowest BCUT2D eigenvalue weighted by atomic mass is 10.1. The standard InChI is InChI=1S/C18H12BrN5O3/c19-12-1-3-13(4-2-12)22-18(25)10-21-17-7-11(9-20)15-8-14(24(26)27)5-6-16(15)23-17/h1-8H,10H2,(H,21,23)(H,22,25). The van der Waals surface area contributed by atoms with Crippen molar-refractivity contribution in [3.8, 4) is 6.07 Å². The molecule has 3 rings (SSSR count). The molecule has 8 nitrogen and oxygen atoms in total. The van der Waals surface area contributed by atoms with Gasteiger partial charge in [-0.25, -0.2) is 4.98 Å². The lowest BCUT2D eigenvalue weighted by Gasteiger charge is -2.09. The lowest BCUT2D eigenvalue weighted by Crippen LogP contribution is -2.22. The van der Waals surface area contributed by atoms with Crippen LogP contribution in [0.3, 0.4) is 0 Å². The second-order valence-electron chi connectivity index (χ2n) is 5.53. The Kier molecular flexibility index (Phi) is 5.28. The van der Waals surface area contributed by atoms with Crippen molar-refractivity contribution in [3.05, 3.63) is 68.7 Å². The van der Waals surface area contributed by atoms with Crippen molar-refractivity contribution < 1.29 is 9.72 Å². The predicted molar refractivity (Wildman–Crippen MR) is 104 cm³/mol. The van der Waals surface area contributed by atoms with E-state index in [1.807, 2.05) is 18.2 Å². The van der Waals surface area contributed by atoms with Crippen LogP contribution < -0.4 is 10.6 Å². The molecule has 0 saturated carbocycles. The van der Waals surface area contributed by atoms with Crippen LogP contribution in [0.1, 0.15) is 5.56 Å². The maximum atomic E-state index is 12.1. The molecular weight excluding hydrogens is 414 g/mol. The molecule has 1 amide bonds. The van der Waals surface area contributed by atoms with Gasteiger partial charge in [-0.2, -0.15) is 5.26 Å². The zero-order chi connectivity index (χ0) is 19.4. The van der Waals surface area contributed by atoms with E-state index in [0.717, 1.165) is 4.47 Å². The topological polar surface area (TPSA) is 121 Å². The number of fused-ring (bicyclic) bond motifs is 1. The van der Waals surface area contributed by atoms with Crippen molar-refractivity contribution in [2.75, 3.05) is 17.2 Å². The second kappa shape index (κ2) is 7.80. The molecule has 0 atom stereocenters. The number of carbonyl (C=O) groups is 1. The number of rotatable bonds is 5. The number of nitrogens with one attached hydrogen (secondary N) is 2. The molecule has 0 saturated heterocycles. The van der Waals surface area contributed by atoms with Crippen LogP contribution in [0.2, 0.25) is 0 Å². The van der Waals surface area contributed by atoms with Crippen molar-refractivity contribution in [1.29, 1.82) is 5.26 Å². The minimum atomic E-state index is -0.529. The Hall–Kier alpha value is -3.51. The summed E-state index contributed by atoms with van der Waals surface area (Å²) < 4.78 is 0.906. The lowest BCUT2D eigenvalue weighted by molar-refractivity contribution is -0.384. The van der Waals surface area contributed by atoms with Gasteiger partial charge in [0.05, 0.1) is 28.6 Å². The maximum absolute atomic E-state index is 12.1. The van der Waals surface area contributed by atoms with Crippen molar-refractivity contribution in [2.45, 2.75) is 0 Å². The minimum absolute atomic E-state index is 0.0492. The Bertz CT molecular complexity index is 1080. The van der Waals surface area contributed by atoms with Crippen molar-refractivity contribution in [1.82, 2.24) is 4.98 Å². The predicted octanol–water partition coefficient (Wildman–Crippen LogP) is 3.83. The molecule has 0 fully saturated rings. The summed E-state index contributed by atoms with van der Waals surface area (Å²) in [6, 6.07) is 14.7. The van der Waals surface area contributed by atoms with Gasteiger partial charge in [0.1, 0.15) is 5.82 Å². The van der Waals surface area contributed by atoms with E-state index < -0.39 is 4.92 Å². The van der Waals surface area contributed by atoms with Gasteiger partial charge in [-0.05, 0) is 36.4 Å². The number of nitro benzene ring substituents is 1. The van der Waals surface area contributed by atoms with E-state index in [9.17, 15) is 20.2 Å². The molecule has 27 heavy (non-hydrogen) atoms. The Labute approximate surface area is 162 Å². The Morgan fingerprint density at radius 2 is 1.96 bits per heavy atom. The molecular formula is C18H12BrN5O3. The Balaban J connectivity index is 1.76. The summed E-state index contributed by atoms with van der Waals surface area (Å²) in [6.07, 6.45) is 0. The van der Waals surface area contributed by atoms with Crippen molar-refractivity contribution in [2.24, 2.45) is 0 Å². The summed E-state index contributed by atoms with van der Waals surface area (Å²) in [5.41, 5.74) is 1.20. The van der Waals surface area contributed by atoms with Gasteiger partial charge in [0, 0.05) is 27.7 Å². The Morgan fingerprint density at radius 1 is 1.22 bits per heavy atom. The number of carbonyl (C=O) groups excluding carboxylic acids is 1. The number of anilines is 2. The highest BCUT2D eigenvalue weighted by atomic mass is 79.9. The summed E-state index contributed by atoms with van der Waals surface area (Å²) in [5.74, 6) is 0.0558. The van der Waals surface area contributed by atoms with Crippen LogP contribution in [0.15, 0.2) is 53.0 Å². The van der Waals surface area contributed by atoms with Crippen LogP contribution in [-0.4, -0.2) is 22.4 Å². The van der Waals surface area contributed by atoms with E-state index in [0.29, 0.717) is 22.4 Å². The second-order valence-corrected chi connectivity index (χ2v) is 6.45. The molecule has 1 heterocycles. The van der Waals surface area contributed by atoms with Crippen LogP contribution >= 0.6 is 15.9 Å². The largest absolute Gasteiger partial charge is 0.361 e. The highest BCUT2D eigenvalue weighted by Crippen LogP contribution is 2.24. The molecule has 1 aromatic heterocycles. The highest BCUT2D eigenvalue weighted by molar-refractivity contribution is 9.10. The molecule has 9 heteroatoms. The summed E-state index contributed by atoms with van der Waals surface area (Å²) in [7, 11) is 0. The molecule has 2 aromatic carbocycles. The molecule has 3 aromatic rings. The first kappa shape index (κ1) is 18.3. The molecule has 0 aliphatic rings. The first-order valence-corrected chi connectivity index (χ1v) is 8.54. The quantitative estimate of drug-likeness (QED) is 0.473. The number of halogens is 1. The molecule has 0 radical (unpaired) electrons. The van der Waals surface area contributed by atoms with E-state index in [1.165, 1.54) is 24.3 Å². The number of hydrogen-bond acceptors (Lipinski definition) is 6. The van der Waals surface area contributed by atoms with Gasteiger partial charge in [-0.3, -0.25) is 14.9 Å². The van der Waals surface area contributed by atoms with E-state index in [2.05, 4.69) is 31.5 Å². The number of nitrogens with zero attached hydrogens (tertiary/aromatic N) is 3. The van der Waals surface area contributed by atoms with Gasteiger partial charge in [-0.1, -0.05) is 15.9 Å². The van der Waals surface area contributed by atoms with Crippen LogP contribution in [0, 0.1) is 21.4 Å². The fourth-order valence-electron chi connectivity index (χ4n) is 2.42. The van der Waals surface area contributed by atoms with Gasteiger partial charge in [0.25, 0.3) is 5.69 Å². The average molecular weight is 426 g/mol. The minimum Gasteiger partial charge on any atom is -0.361 e. The highest BCUT2D eigenvalue weighted by Gasteiger charge is 2.12. The fraction of sp³-hybridized carbons (Fsp3) is 0.0556. The van der Waals surface area contributed by atoms with Crippen LogP contribution in [0.25, 0.3) is 10.9 Å². The fourth-order valence-corrected chi connectivity index (χ4v) is 2.68. The SMILES string of the molecule is N#Cc1cc(NCC(=O)Nc2ccc(Br)cc2)nc2ccc([N+](=O)[O-])cc12. The zero-order valence-corrected chi connectivity index (χ0v) is 15.4. The summed E-state index contributed by atoms with van der Waals surface area (Å²) in [4.78, 5) is 26.7. The number of hydrogen-bond donors (Lipinski definition) is 2. The number of nitriles is 1. The number of nitro groups is 1. The number of pyridine rings is 1. The van der Waals surface area contributed by atoms with Gasteiger partial charge in [0.2, 0.25) is 5.91 Å². The third-order valence-corrected chi connectivity index (χ3v) is 4.21. The third-order valence-electron chi connectivity index (χ3n) is 3.68. The monoisotopic (exact) mass is 425 g/mol. The van der Waals surface area contributed by atoms with E-state index >= 15 is 0 Å². The van der Waals surface area contributed by atoms with E-state index in [-0.39, 0.29) is 23.7 Å². The molecule has 0 spiro atoms. The van der Waals surface area contributed by atoms with Crippen molar-refractivity contribution >= 4 is 49.9 Å². The molecule has 134 valence electrons. The van der Waals surface area contributed by atoms with Crippen molar-refractivity contribution in [3.63, 3.8) is 0 Å². The first-order chi connectivity index (χ1) is 13.0. The summed E-state index contributed by atoms with van der Waals surface area (Å²) >= 11 is 3.32. The van der Waals surface area contributed by atoms with Gasteiger partial charge in [0.15, 0.2) is 0 Å². The van der Waals surface area contributed by atoms with Gasteiger partial charge >= 0.3 is 0 Å². The van der Waals surface area contributed by atoms with E-state index in [4.69, 9.17) is 0 Å². The Morgan fingerprint density at radius 3 is 2.63 bits per heavy atom. The van der Waals surface area contributed by atoms with Gasteiger partial charge < -0.3 is 10.6 Å². The van der Waals surface area contributed by atoms with E-state index in [1.54, 1.807) is 12.1 Å². The smallest absolute Gasteiger partial charge is 0.270 e. The number of non-ortho nitro benzene ring substituents is 1. The molecule has 0 bridgehead atoms. The normalized spacial score (nSPS) is 10.2. The average Bonchev–Trinajstić information content (AvgIpc) is 2.67. The third kappa shape index (κ3) is 4.37. The first-order valence-electron chi connectivity index (χ1n) is 7.75. The number of benzene rings is 2. The summed E-state index contributed by atoms with van der Waals surface area (Å²) in [6.45, 7) is -0.0492. The van der Waals surface area contributed by atoms with Crippen LogP contribution in [-0.2, 0) is 4.79 Å². The molecule has 0 unspecified atom stereocenters.